The molecule has 0 unspecified atom stereocenters. The van der Waals surface area contributed by atoms with Crippen molar-refractivity contribution in [3.05, 3.63) is 54.5 Å². The molecule has 2 aromatic rings. The summed E-state index contributed by atoms with van der Waals surface area (Å²) in [7, 11) is 0. The minimum absolute atomic E-state index is 0.0286. The summed E-state index contributed by atoms with van der Waals surface area (Å²) in [6.45, 7) is 1.42. The van der Waals surface area contributed by atoms with Gasteiger partial charge in [-0.05, 0) is 31.2 Å². The predicted octanol–water partition coefficient (Wildman–Crippen LogP) is 1.85. The predicted molar refractivity (Wildman–Crippen MR) is 83.6 cm³/mol. The maximum Gasteiger partial charge on any atom is 0.307 e. The van der Waals surface area contributed by atoms with E-state index in [4.69, 9.17) is 9.62 Å². The molecule has 8 nitrogen and oxygen atoms in total. The van der Waals surface area contributed by atoms with Crippen molar-refractivity contribution in [2.45, 2.75) is 6.92 Å². The quantitative estimate of drug-likeness (QED) is 0.443. The first-order valence-electron chi connectivity index (χ1n) is 6.58. The highest BCUT2D eigenvalue weighted by Gasteiger charge is 2.17. The molecular formula is C15H14N4O4. The minimum Gasteiger partial charge on any atom is -0.459 e. The molecule has 0 aliphatic heterocycles. The zero-order chi connectivity index (χ0) is 16.7. The van der Waals surface area contributed by atoms with Crippen LogP contribution in [0, 0.1) is 0 Å². The fourth-order valence-corrected chi connectivity index (χ4v) is 1.64. The summed E-state index contributed by atoms with van der Waals surface area (Å²) >= 11 is 0. The van der Waals surface area contributed by atoms with Crippen LogP contribution in [0.15, 0.2) is 63.4 Å². The maximum absolute atomic E-state index is 12.0. The van der Waals surface area contributed by atoms with Crippen molar-refractivity contribution in [2.75, 3.05) is 5.32 Å². The summed E-state index contributed by atoms with van der Waals surface area (Å²) in [6, 6.07) is 11.7. The van der Waals surface area contributed by atoms with Crippen molar-refractivity contribution >= 4 is 28.9 Å². The van der Waals surface area contributed by atoms with Gasteiger partial charge in [-0.1, -0.05) is 23.4 Å². The van der Waals surface area contributed by atoms with Crippen molar-refractivity contribution in [3.8, 4) is 0 Å². The standard InChI is InChI=1S/C15H14N4O4/c1-10(17-18-14(20)12-8-5-9-23-12)13(19-22)15(21)16-11-6-3-2-4-7-11/h2-9,22H,1H3,(H,16,21)(H,18,20)/b17-10+,19-13-. The van der Waals surface area contributed by atoms with Crippen molar-refractivity contribution in [2.24, 2.45) is 10.3 Å². The Morgan fingerprint density at radius 1 is 1.13 bits per heavy atom. The third-order valence-corrected chi connectivity index (χ3v) is 2.76. The molecule has 8 heteroatoms. The van der Waals surface area contributed by atoms with E-state index in [9.17, 15) is 9.59 Å². The Hall–Kier alpha value is -3.42. The highest BCUT2D eigenvalue weighted by molar-refractivity contribution is 6.68. The lowest BCUT2D eigenvalue weighted by atomic mass is 10.2. The third-order valence-electron chi connectivity index (χ3n) is 2.76. The molecule has 0 aliphatic carbocycles. The van der Waals surface area contributed by atoms with Crippen LogP contribution in [0.2, 0.25) is 0 Å². The average molecular weight is 314 g/mol. The number of rotatable bonds is 5. The fraction of sp³-hybridized carbons (Fsp3) is 0.0667. The van der Waals surface area contributed by atoms with Gasteiger partial charge >= 0.3 is 5.91 Å². The van der Waals surface area contributed by atoms with Crippen molar-refractivity contribution in [1.29, 1.82) is 0 Å². The summed E-state index contributed by atoms with van der Waals surface area (Å²) < 4.78 is 4.90. The number of amides is 2. The van der Waals surface area contributed by atoms with Gasteiger partial charge in [0, 0.05) is 5.69 Å². The summed E-state index contributed by atoms with van der Waals surface area (Å²) in [5, 5.41) is 18.2. The van der Waals surface area contributed by atoms with Gasteiger partial charge in [-0.2, -0.15) is 5.10 Å². The molecule has 0 radical (unpaired) electrons. The average Bonchev–Trinajstić information content (AvgIpc) is 3.08. The Kier molecular flexibility index (Phi) is 5.24. The van der Waals surface area contributed by atoms with Gasteiger partial charge in [-0.25, -0.2) is 5.43 Å². The van der Waals surface area contributed by atoms with Gasteiger partial charge in [0.1, 0.15) is 0 Å². The van der Waals surface area contributed by atoms with E-state index in [0.717, 1.165) is 0 Å². The molecule has 2 amide bonds. The number of oxime groups is 1. The van der Waals surface area contributed by atoms with E-state index in [1.54, 1.807) is 36.4 Å². The number of furan rings is 1. The lowest BCUT2D eigenvalue weighted by molar-refractivity contribution is -0.110. The zero-order valence-corrected chi connectivity index (χ0v) is 12.2. The first-order chi connectivity index (χ1) is 11.1. The molecule has 23 heavy (non-hydrogen) atoms. The maximum atomic E-state index is 12.0. The highest BCUT2D eigenvalue weighted by atomic mass is 16.4. The second kappa shape index (κ2) is 7.55. The van der Waals surface area contributed by atoms with Gasteiger partial charge < -0.3 is 14.9 Å². The minimum atomic E-state index is -0.660. The van der Waals surface area contributed by atoms with Gasteiger partial charge in [0.05, 0.1) is 12.0 Å². The van der Waals surface area contributed by atoms with Crippen molar-refractivity contribution in [3.63, 3.8) is 0 Å². The number of carbonyl (C=O) groups excluding carboxylic acids is 2. The number of nitrogens with zero attached hydrogens (tertiary/aromatic N) is 2. The van der Waals surface area contributed by atoms with Gasteiger partial charge in [-0.3, -0.25) is 9.59 Å². The Bertz CT molecular complexity index is 736. The summed E-state index contributed by atoms with van der Waals surface area (Å²) in [5.74, 6) is -1.18. The van der Waals surface area contributed by atoms with E-state index >= 15 is 0 Å². The normalized spacial score (nSPS) is 11.9. The number of nitrogens with one attached hydrogen (secondary N) is 2. The number of hydrogen-bond acceptors (Lipinski definition) is 6. The Balaban J connectivity index is 2.03. The molecule has 1 aromatic carbocycles. The number of anilines is 1. The van der Waals surface area contributed by atoms with Crippen LogP contribution in [0.25, 0.3) is 0 Å². The second-order valence-corrected chi connectivity index (χ2v) is 4.38. The van der Waals surface area contributed by atoms with Crippen LogP contribution in [0.3, 0.4) is 0 Å². The Morgan fingerprint density at radius 3 is 2.48 bits per heavy atom. The van der Waals surface area contributed by atoms with Crippen LogP contribution in [-0.4, -0.2) is 28.4 Å². The summed E-state index contributed by atoms with van der Waals surface area (Å²) in [6.07, 6.45) is 1.35. The smallest absolute Gasteiger partial charge is 0.307 e. The molecule has 0 saturated carbocycles. The lowest BCUT2D eigenvalue weighted by Crippen LogP contribution is -2.31. The Labute approximate surface area is 131 Å². The second-order valence-electron chi connectivity index (χ2n) is 4.38. The first-order valence-corrected chi connectivity index (χ1v) is 6.58. The van der Waals surface area contributed by atoms with Gasteiger partial charge in [0.2, 0.25) is 0 Å². The van der Waals surface area contributed by atoms with Gasteiger partial charge in [0.25, 0.3) is 5.91 Å². The number of carbonyl (C=O) groups is 2. The topological polar surface area (TPSA) is 116 Å². The first kappa shape index (κ1) is 16.0. The molecule has 0 atom stereocenters. The molecule has 0 bridgehead atoms. The van der Waals surface area contributed by atoms with Crippen molar-refractivity contribution in [1.82, 2.24) is 5.43 Å². The molecule has 0 aliphatic rings. The molecule has 1 aromatic heterocycles. The fourth-order valence-electron chi connectivity index (χ4n) is 1.64. The van der Waals surface area contributed by atoms with E-state index in [1.165, 1.54) is 19.3 Å². The van der Waals surface area contributed by atoms with Crippen LogP contribution in [-0.2, 0) is 4.79 Å². The summed E-state index contributed by atoms with van der Waals surface area (Å²) in [4.78, 5) is 23.7. The molecule has 3 N–H and O–H groups in total. The van der Waals surface area contributed by atoms with E-state index in [1.807, 2.05) is 0 Å². The van der Waals surface area contributed by atoms with Gasteiger partial charge in [-0.15, -0.1) is 0 Å². The zero-order valence-electron chi connectivity index (χ0n) is 12.2. The molecule has 118 valence electrons. The lowest BCUT2D eigenvalue weighted by Gasteiger charge is -2.06. The Morgan fingerprint density at radius 2 is 1.87 bits per heavy atom. The molecule has 1 heterocycles. The monoisotopic (exact) mass is 314 g/mol. The van der Waals surface area contributed by atoms with E-state index in [2.05, 4.69) is 21.0 Å². The molecule has 2 rings (SSSR count). The highest BCUT2D eigenvalue weighted by Crippen LogP contribution is 2.05. The number of para-hydroxylation sites is 1. The van der Waals surface area contributed by atoms with Crippen molar-refractivity contribution < 1.29 is 19.2 Å². The SMILES string of the molecule is CC(=N\NC(=O)c1ccco1)/C(=N/O)C(=O)Nc1ccccc1. The molecular weight excluding hydrogens is 300 g/mol. The molecule has 0 fully saturated rings. The number of hydrogen-bond donors (Lipinski definition) is 3. The molecule has 0 saturated heterocycles. The third kappa shape index (κ3) is 4.27. The number of benzene rings is 1. The van der Waals surface area contributed by atoms with Crippen LogP contribution in [0.5, 0.6) is 0 Å². The van der Waals surface area contributed by atoms with E-state index in [-0.39, 0.29) is 17.2 Å². The van der Waals surface area contributed by atoms with E-state index in [0.29, 0.717) is 5.69 Å². The van der Waals surface area contributed by atoms with E-state index < -0.39 is 11.8 Å². The van der Waals surface area contributed by atoms with Crippen LogP contribution < -0.4 is 10.7 Å². The number of hydrazone groups is 1. The summed E-state index contributed by atoms with van der Waals surface area (Å²) in [5.41, 5.74) is 2.44. The van der Waals surface area contributed by atoms with Crippen LogP contribution in [0.4, 0.5) is 5.69 Å². The molecule has 0 spiro atoms. The van der Waals surface area contributed by atoms with Crippen LogP contribution >= 0.6 is 0 Å². The van der Waals surface area contributed by atoms with Crippen LogP contribution in [0.1, 0.15) is 17.5 Å². The van der Waals surface area contributed by atoms with Gasteiger partial charge in [0.15, 0.2) is 11.5 Å². The largest absolute Gasteiger partial charge is 0.459 e.